The average Bonchev–Trinajstić information content (AvgIpc) is 2.37. The van der Waals surface area contributed by atoms with Crippen LogP contribution in [-0.4, -0.2) is 32.1 Å². The molecule has 2 N–H and O–H groups in total. The van der Waals surface area contributed by atoms with E-state index in [-0.39, 0.29) is 27.8 Å². The van der Waals surface area contributed by atoms with Crippen molar-refractivity contribution < 1.29 is 19.9 Å². The van der Waals surface area contributed by atoms with E-state index < -0.39 is 17.1 Å². The molecular weight excluding hydrogens is 306 g/mol. The van der Waals surface area contributed by atoms with Gasteiger partial charge in [-0.1, -0.05) is 23.4 Å². The Kier molecular flexibility index (Phi) is 6.41. The van der Waals surface area contributed by atoms with Crippen LogP contribution >= 0.6 is 23.4 Å². The Morgan fingerprint density at radius 2 is 2.15 bits per heavy atom. The van der Waals surface area contributed by atoms with Crippen LogP contribution in [0.3, 0.4) is 0 Å². The lowest BCUT2D eigenvalue weighted by Crippen LogP contribution is -2.19. The summed E-state index contributed by atoms with van der Waals surface area (Å²) in [5.41, 5.74) is -0.116. The highest BCUT2D eigenvalue weighted by atomic mass is 35.5. The second-order valence-corrected chi connectivity index (χ2v) is 5.78. The van der Waals surface area contributed by atoms with Crippen molar-refractivity contribution >= 4 is 34.2 Å². The quantitative estimate of drug-likeness (QED) is 0.616. The topological polar surface area (TPSA) is 101 Å². The van der Waals surface area contributed by atoms with Gasteiger partial charge in [0.1, 0.15) is 6.10 Å². The molecule has 6 nitrogen and oxygen atoms in total. The first-order valence-electron chi connectivity index (χ1n) is 5.76. The van der Waals surface area contributed by atoms with Gasteiger partial charge in [-0.05, 0) is 12.5 Å². The van der Waals surface area contributed by atoms with Crippen LogP contribution in [0.5, 0.6) is 0 Å². The average molecular weight is 320 g/mol. The summed E-state index contributed by atoms with van der Waals surface area (Å²) in [6.07, 6.45) is -2.32. The van der Waals surface area contributed by atoms with E-state index in [1.165, 1.54) is 19.1 Å². The number of halogens is 1. The van der Waals surface area contributed by atoms with Gasteiger partial charge in [0.2, 0.25) is 0 Å². The minimum atomic E-state index is -1.34. The van der Waals surface area contributed by atoms with E-state index in [2.05, 4.69) is 0 Å². The van der Waals surface area contributed by atoms with Crippen LogP contribution in [0.2, 0.25) is 5.02 Å². The van der Waals surface area contributed by atoms with E-state index in [9.17, 15) is 25.1 Å². The van der Waals surface area contributed by atoms with Crippen LogP contribution in [0, 0.1) is 10.1 Å². The minimum Gasteiger partial charge on any atom is -0.390 e. The predicted molar refractivity (Wildman–Crippen MR) is 76.8 cm³/mol. The predicted octanol–water partition coefficient (Wildman–Crippen LogP) is 2.31. The molecule has 1 rings (SSSR count). The van der Waals surface area contributed by atoms with Gasteiger partial charge < -0.3 is 10.2 Å². The molecule has 0 aliphatic carbocycles. The third-order valence-electron chi connectivity index (χ3n) is 2.59. The Bertz CT molecular complexity index is 511. The Morgan fingerprint density at radius 3 is 2.70 bits per heavy atom. The zero-order chi connectivity index (χ0) is 15.3. The molecule has 0 bridgehead atoms. The van der Waals surface area contributed by atoms with Crippen LogP contribution in [-0.2, 0) is 4.79 Å². The summed E-state index contributed by atoms with van der Waals surface area (Å²) in [5, 5.41) is 30.6. The van der Waals surface area contributed by atoms with Crippen LogP contribution in [0.15, 0.2) is 18.2 Å². The molecule has 8 heteroatoms. The Hall–Kier alpha value is -1.15. The molecule has 0 saturated heterocycles. The van der Waals surface area contributed by atoms with E-state index in [0.29, 0.717) is 5.75 Å². The number of carbonyl (C=O) groups excluding carboxylic acids is 1. The monoisotopic (exact) mass is 319 g/mol. The van der Waals surface area contributed by atoms with Crippen molar-refractivity contribution in [1.82, 2.24) is 0 Å². The molecule has 2 atom stereocenters. The molecule has 110 valence electrons. The lowest BCUT2D eigenvalue weighted by Gasteiger charge is -2.18. The first-order valence-corrected chi connectivity index (χ1v) is 7.12. The highest BCUT2D eigenvalue weighted by Gasteiger charge is 2.23. The van der Waals surface area contributed by atoms with Crippen LogP contribution in [0.1, 0.15) is 25.0 Å². The van der Waals surface area contributed by atoms with Crippen LogP contribution in [0.25, 0.3) is 0 Å². The zero-order valence-corrected chi connectivity index (χ0v) is 12.2. The van der Waals surface area contributed by atoms with Crippen molar-refractivity contribution in [2.45, 2.75) is 25.6 Å². The number of nitro benzene ring substituents is 1. The van der Waals surface area contributed by atoms with Crippen molar-refractivity contribution in [3.63, 3.8) is 0 Å². The number of carbonyl (C=O) groups is 1. The maximum absolute atomic E-state index is 10.8. The molecule has 0 spiro atoms. The number of aliphatic hydroxyl groups excluding tert-OH is 2. The summed E-state index contributed by atoms with van der Waals surface area (Å²) in [4.78, 5) is 20.8. The fourth-order valence-electron chi connectivity index (χ4n) is 1.56. The summed E-state index contributed by atoms with van der Waals surface area (Å²) >= 11 is 6.90. The molecule has 0 heterocycles. The number of nitrogens with zero attached hydrogens (tertiary/aromatic N) is 1. The van der Waals surface area contributed by atoms with Gasteiger partial charge in [0.25, 0.3) is 5.69 Å². The highest BCUT2D eigenvalue weighted by Crippen LogP contribution is 2.30. The SMILES string of the molecule is CC(=O)SCCC(O)C(O)c1cc([N+](=O)[O-])ccc1Cl. The van der Waals surface area contributed by atoms with Crippen molar-refractivity contribution in [3.8, 4) is 0 Å². The molecule has 0 amide bonds. The zero-order valence-electron chi connectivity index (χ0n) is 10.7. The second-order valence-electron chi connectivity index (χ2n) is 4.10. The third kappa shape index (κ3) is 4.75. The fraction of sp³-hybridized carbons (Fsp3) is 0.417. The highest BCUT2D eigenvalue weighted by molar-refractivity contribution is 8.13. The number of benzene rings is 1. The smallest absolute Gasteiger partial charge is 0.269 e. The number of aliphatic hydroxyl groups is 2. The molecular formula is C12H14ClNO5S. The molecule has 0 aromatic heterocycles. The van der Waals surface area contributed by atoms with Crippen molar-refractivity contribution in [1.29, 1.82) is 0 Å². The van der Waals surface area contributed by atoms with Gasteiger partial charge in [0.15, 0.2) is 5.12 Å². The number of thioether (sulfide) groups is 1. The molecule has 0 aliphatic rings. The maximum Gasteiger partial charge on any atom is 0.269 e. The molecule has 1 aromatic rings. The molecule has 0 aliphatic heterocycles. The van der Waals surface area contributed by atoms with E-state index >= 15 is 0 Å². The number of nitro groups is 1. The van der Waals surface area contributed by atoms with Gasteiger partial charge in [-0.15, -0.1) is 0 Å². The lowest BCUT2D eigenvalue weighted by atomic mass is 10.0. The van der Waals surface area contributed by atoms with Crippen LogP contribution < -0.4 is 0 Å². The van der Waals surface area contributed by atoms with E-state index in [1.807, 2.05) is 0 Å². The van der Waals surface area contributed by atoms with Gasteiger partial charge in [0.05, 0.1) is 11.0 Å². The van der Waals surface area contributed by atoms with Crippen LogP contribution in [0.4, 0.5) is 5.69 Å². The molecule has 1 aromatic carbocycles. The van der Waals surface area contributed by atoms with Gasteiger partial charge in [0, 0.05) is 35.4 Å². The number of hydrogen-bond donors (Lipinski definition) is 2. The van der Waals surface area contributed by atoms with Crippen molar-refractivity contribution in [3.05, 3.63) is 38.9 Å². The van der Waals surface area contributed by atoms with Gasteiger partial charge >= 0.3 is 0 Å². The van der Waals surface area contributed by atoms with E-state index in [1.54, 1.807) is 0 Å². The standard InChI is InChI=1S/C12H14ClNO5S/c1-7(15)20-5-4-11(16)12(17)9-6-8(14(18)19)2-3-10(9)13/h2-3,6,11-12,16-17H,4-5H2,1H3. The lowest BCUT2D eigenvalue weighted by molar-refractivity contribution is -0.385. The second kappa shape index (κ2) is 7.58. The summed E-state index contributed by atoms with van der Waals surface area (Å²) in [6, 6.07) is 3.65. The molecule has 20 heavy (non-hydrogen) atoms. The first kappa shape index (κ1) is 16.9. The summed E-state index contributed by atoms with van der Waals surface area (Å²) in [6.45, 7) is 1.41. The Balaban J connectivity index is 2.79. The minimum absolute atomic E-state index is 0.0833. The fourth-order valence-corrected chi connectivity index (χ4v) is 2.44. The Morgan fingerprint density at radius 1 is 1.50 bits per heavy atom. The summed E-state index contributed by atoms with van der Waals surface area (Å²) in [5.74, 6) is 0.347. The summed E-state index contributed by atoms with van der Waals surface area (Å²) in [7, 11) is 0. The number of non-ortho nitro benzene ring substituents is 1. The number of rotatable bonds is 6. The largest absolute Gasteiger partial charge is 0.390 e. The van der Waals surface area contributed by atoms with Gasteiger partial charge in [-0.25, -0.2) is 0 Å². The van der Waals surface area contributed by atoms with E-state index in [4.69, 9.17) is 11.6 Å². The molecule has 0 saturated carbocycles. The molecule has 0 fully saturated rings. The number of hydrogen-bond acceptors (Lipinski definition) is 6. The van der Waals surface area contributed by atoms with Gasteiger partial charge in [-0.3, -0.25) is 14.9 Å². The molecule has 2 unspecified atom stereocenters. The normalized spacial score (nSPS) is 13.8. The van der Waals surface area contributed by atoms with Crippen molar-refractivity contribution in [2.75, 3.05) is 5.75 Å². The first-order chi connectivity index (χ1) is 9.32. The van der Waals surface area contributed by atoms with E-state index in [0.717, 1.165) is 17.8 Å². The molecule has 0 radical (unpaired) electrons. The van der Waals surface area contributed by atoms with Crippen molar-refractivity contribution in [2.24, 2.45) is 0 Å². The summed E-state index contributed by atoms with van der Waals surface area (Å²) < 4.78 is 0. The maximum atomic E-state index is 10.8. The van der Waals surface area contributed by atoms with Gasteiger partial charge in [-0.2, -0.15) is 0 Å². The Labute approximate surface area is 124 Å². The third-order valence-corrected chi connectivity index (χ3v) is 3.78.